The third kappa shape index (κ3) is 3.34. The number of anilines is 1. The number of halogens is 1. The fraction of sp³-hybridized carbons (Fsp3) is 0.238. The third-order valence-corrected chi connectivity index (χ3v) is 6.46. The van der Waals surface area contributed by atoms with E-state index in [9.17, 15) is 9.50 Å². The van der Waals surface area contributed by atoms with Crippen molar-refractivity contribution in [1.82, 2.24) is 19.5 Å². The van der Waals surface area contributed by atoms with Gasteiger partial charge >= 0.3 is 0 Å². The van der Waals surface area contributed by atoms with Gasteiger partial charge in [-0.15, -0.1) is 0 Å². The van der Waals surface area contributed by atoms with Gasteiger partial charge in [-0.2, -0.15) is 9.61 Å². The van der Waals surface area contributed by atoms with Gasteiger partial charge in [0.25, 0.3) is 0 Å². The summed E-state index contributed by atoms with van der Waals surface area (Å²) in [6.45, 7) is 3.40. The second-order valence-corrected chi connectivity index (χ2v) is 8.07. The average Bonchev–Trinajstić information content (AvgIpc) is 3.34. The second kappa shape index (κ2) is 7.46. The zero-order valence-corrected chi connectivity index (χ0v) is 16.5. The number of para-hydroxylation sites is 1. The van der Waals surface area contributed by atoms with Crippen molar-refractivity contribution < 1.29 is 9.50 Å². The number of piperazine rings is 1. The molecule has 8 heteroatoms. The lowest BCUT2D eigenvalue weighted by molar-refractivity contribution is 0.211. The molecule has 0 amide bonds. The molecule has 6 nitrogen and oxygen atoms in total. The molecule has 0 bridgehead atoms. The molecule has 4 aromatic rings. The van der Waals surface area contributed by atoms with Gasteiger partial charge in [-0.05, 0) is 29.8 Å². The van der Waals surface area contributed by atoms with Crippen molar-refractivity contribution in [3.05, 3.63) is 77.2 Å². The van der Waals surface area contributed by atoms with E-state index < -0.39 is 0 Å². The van der Waals surface area contributed by atoms with E-state index in [-0.39, 0.29) is 17.7 Å². The molecule has 1 atom stereocenters. The van der Waals surface area contributed by atoms with E-state index in [1.807, 2.05) is 6.07 Å². The minimum Gasteiger partial charge on any atom is -0.492 e. The maximum Gasteiger partial charge on any atom is 0.230 e. The molecule has 1 aliphatic heterocycles. The maximum atomic E-state index is 13.5. The minimum absolute atomic E-state index is 0.0994. The molecule has 2 aromatic carbocycles. The van der Waals surface area contributed by atoms with E-state index in [1.165, 1.54) is 40.0 Å². The zero-order chi connectivity index (χ0) is 19.8. The molecule has 0 spiro atoms. The van der Waals surface area contributed by atoms with Gasteiger partial charge in [0.15, 0.2) is 0 Å². The van der Waals surface area contributed by atoms with Gasteiger partial charge in [0, 0.05) is 31.9 Å². The first-order valence-electron chi connectivity index (χ1n) is 9.51. The summed E-state index contributed by atoms with van der Waals surface area (Å²) in [6, 6.07) is 16.7. The summed E-state index contributed by atoms with van der Waals surface area (Å²) >= 11 is 1.42. The first-order chi connectivity index (χ1) is 14.2. The Morgan fingerprint density at radius 1 is 0.966 bits per heavy atom. The van der Waals surface area contributed by atoms with E-state index in [2.05, 4.69) is 44.1 Å². The van der Waals surface area contributed by atoms with Crippen LogP contribution in [0.15, 0.2) is 60.9 Å². The highest BCUT2D eigenvalue weighted by atomic mass is 32.1. The smallest absolute Gasteiger partial charge is 0.230 e. The third-order valence-electron chi connectivity index (χ3n) is 5.37. The number of hydrogen-bond acceptors (Lipinski definition) is 6. The van der Waals surface area contributed by atoms with Gasteiger partial charge in [-0.1, -0.05) is 41.7 Å². The predicted octanol–water partition coefficient (Wildman–Crippen LogP) is 3.55. The SMILES string of the molecule is Oc1c([C@H](c2ccc(F)cc2)N2CCN(c3ccccc3)CC2)sc2ncnn12. The number of benzene rings is 2. The molecule has 3 heterocycles. The van der Waals surface area contributed by atoms with Crippen molar-refractivity contribution in [2.75, 3.05) is 31.1 Å². The maximum absolute atomic E-state index is 13.5. The summed E-state index contributed by atoms with van der Waals surface area (Å²) in [6.07, 6.45) is 1.43. The quantitative estimate of drug-likeness (QED) is 0.559. The largest absolute Gasteiger partial charge is 0.492 e. The normalized spacial score (nSPS) is 16.4. The van der Waals surface area contributed by atoms with Crippen molar-refractivity contribution in [3.63, 3.8) is 0 Å². The molecular formula is C21H20FN5OS. The predicted molar refractivity (Wildman–Crippen MR) is 111 cm³/mol. The van der Waals surface area contributed by atoms with Crippen LogP contribution in [0, 0.1) is 5.82 Å². The lowest BCUT2D eigenvalue weighted by Gasteiger charge is -2.40. The van der Waals surface area contributed by atoms with Gasteiger partial charge in [0.05, 0.1) is 10.9 Å². The first-order valence-corrected chi connectivity index (χ1v) is 10.3. The Morgan fingerprint density at radius 2 is 1.69 bits per heavy atom. The van der Waals surface area contributed by atoms with Gasteiger partial charge < -0.3 is 10.0 Å². The van der Waals surface area contributed by atoms with Crippen LogP contribution in [0.4, 0.5) is 10.1 Å². The molecule has 148 valence electrons. The Bertz CT molecular complexity index is 1100. The van der Waals surface area contributed by atoms with Crippen molar-refractivity contribution >= 4 is 22.0 Å². The van der Waals surface area contributed by atoms with Crippen LogP contribution in [0.25, 0.3) is 4.96 Å². The lowest BCUT2D eigenvalue weighted by Crippen LogP contribution is -2.47. The molecule has 2 aromatic heterocycles. The molecule has 29 heavy (non-hydrogen) atoms. The zero-order valence-electron chi connectivity index (χ0n) is 15.6. The summed E-state index contributed by atoms with van der Waals surface area (Å²) in [5.74, 6) is -0.171. The summed E-state index contributed by atoms with van der Waals surface area (Å²) in [5, 5.41) is 14.9. The van der Waals surface area contributed by atoms with Gasteiger partial charge in [0.1, 0.15) is 12.1 Å². The standard InChI is InChI=1S/C21H20FN5OS/c22-16-8-6-15(7-9-16)18(19-20(28)27-21(29-19)23-14-24-27)26-12-10-25(11-13-26)17-4-2-1-3-5-17/h1-9,14,18,28H,10-13H2/t18-/m0/s1. The molecule has 0 unspecified atom stereocenters. The van der Waals surface area contributed by atoms with Gasteiger partial charge in [0.2, 0.25) is 10.8 Å². The Labute approximate surface area is 171 Å². The van der Waals surface area contributed by atoms with Crippen molar-refractivity contribution in [2.24, 2.45) is 0 Å². The van der Waals surface area contributed by atoms with Gasteiger partial charge in [-0.25, -0.2) is 9.37 Å². The Hall–Kier alpha value is -2.97. The monoisotopic (exact) mass is 409 g/mol. The van der Waals surface area contributed by atoms with E-state index in [0.29, 0.717) is 4.96 Å². The van der Waals surface area contributed by atoms with Crippen LogP contribution in [-0.2, 0) is 0 Å². The lowest BCUT2D eigenvalue weighted by atomic mass is 10.0. The molecule has 5 rings (SSSR count). The highest BCUT2D eigenvalue weighted by molar-refractivity contribution is 7.17. The van der Waals surface area contributed by atoms with E-state index >= 15 is 0 Å². The number of aromatic hydroxyl groups is 1. The van der Waals surface area contributed by atoms with Crippen LogP contribution in [0.2, 0.25) is 0 Å². The Morgan fingerprint density at radius 3 is 2.38 bits per heavy atom. The summed E-state index contributed by atoms with van der Waals surface area (Å²) in [4.78, 5) is 10.3. The number of fused-ring (bicyclic) bond motifs is 1. The fourth-order valence-electron chi connectivity index (χ4n) is 3.92. The first kappa shape index (κ1) is 18.1. The topological polar surface area (TPSA) is 56.9 Å². The van der Waals surface area contributed by atoms with Crippen molar-refractivity contribution in [3.8, 4) is 5.88 Å². The molecule has 0 radical (unpaired) electrons. The molecule has 1 N–H and O–H groups in total. The van der Waals surface area contributed by atoms with Crippen LogP contribution in [0.1, 0.15) is 16.5 Å². The van der Waals surface area contributed by atoms with Crippen LogP contribution < -0.4 is 4.90 Å². The average molecular weight is 409 g/mol. The van der Waals surface area contributed by atoms with Crippen LogP contribution in [0.5, 0.6) is 5.88 Å². The number of thiazole rings is 1. The van der Waals surface area contributed by atoms with E-state index in [1.54, 1.807) is 12.1 Å². The molecule has 0 saturated carbocycles. The van der Waals surface area contributed by atoms with E-state index in [4.69, 9.17) is 0 Å². The highest BCUT2D eigenvalue weighted by Gasteiger charge is 2.31. The fourth-order valence-corrected chi connectivity index (χ4v) is 5.01. The molecular weight excluding hydrogens is 389 g/mol. The van der Waals surface area contributed by atoms with Crippen LogP contribution >= 0.6 is 11.3 Å². The molecule has 0 aliphatic carbocycles. The number of hydrogen-bond donors (Lipinski definition) is 1. The Balaban J connectivity index is 1.47. The Kier molecular flexibility index (Phi) is 4.65. The summed E-state index contributed by atoms with van der Waals surface area (Å²) in [7, 11) is 0. The summed E-state index contributed by atoms with van der Waals surface area (Å²) < 4.78 is 15.0. The number of rotatable bonds is 4. The minimum atomic E-state index is -0.270. The highest BCUT2D eigenvalue weighted by Crippen LogP contribution is 2.40. The van der Waals surface area contributed by atoms with Gasteiger partial charge in [-0.3, -0.25) is 4.90 Å². The second-order valence-electron chi connectivity index (χ2n) is 7.06. The number of nitrogens with zero attached hydrogens (tertiary/aromatic N) is 5. The van der Waals surface area contributed by atoms with Crippen LogP contribution in [-0.4, -0.2) is 50.8 Å². The molecule has 1 saturated heterocycles. The van der Waals surface area contributed by atoms with E-state index in [0.717, 1.165) is 36.6 Å². The number of aromatic nitrogens is 3. The summed E-state index contributed by atoms with van der Waals surface area (Å²) in [5.41, 5.74) is 2.16. The molecule has 1 fully saturated rings. The van der Waals surface area contributed by atoms with Crippen LogP contribution in [0.3, 0.4) is 0 Å². The van der Waals surface area contributed by atoms with Crippen molar-refractivity contribution in [2.45, 2.75) is 6.04 Å². The molecule has 1 aliphatic rings. The van der Waals surface area contributed by atoms with Crippen molar-refractivity contribution in [1.29, 1.82) is 0 Å².